The van der Waals surface area contributed by atoms with Gasteiger partial charge in [-0.05, 0) is 25.3 Å². The van der Waals surface area contributed by atoms with Crippen molar-refractivity contribution in [1.82, 2.24) is 10.2 Å². The third-order valence-electron chi connectivity index (χ3n) is 3.85. The van der Waals surface area contributed by atoms with Gasteiger partial charge in [0.05, 0.1) is 12.0 Å². The first-order chi connectivity index (χ1) is 9.42. The van der Waals surface area contributed by atoms with Crippen LogP contribution in [0.5, 0.6) is 0 Å². The second-order valence-corrected chi connectivity index (χ2v) is 5.37. The van der Waals surface area contributed by atoms with Gasteiger partial charge in [0, 0.05) is 26.7 Å². The molecule has 0 saturated heterocycles. The standard InChI is InChI=1S/C14H24N2O4/c1-4-14(2,12(17)18)10-15-13(19)16-7-5-11(6-8-16)9-20-3/h5H,4,6-10H2,1-3H3,(H,15,19)(H,17,18). The van der Waals surface area contributed by atoms with Crippen molar-refractivity contribution in [1.29, 1.82) is 0 Å². The molecule has 0 bridgehead atoms. The van der Waals surface area contributed by atoms with Crippen molar-refractivity contribution < 1.29 is 19.4 Å². The van der Waals surface area contributed by atoms with Crippen LogP contribution >= 0.6 is 0 Å². The fourth-order valence-corrected chi connectivity index (χ4v) is 1.95. The zero-order valence-corrected chi connectivity index (χ0v) is 12.4. The Labute approximate surface area is 119 Å². The van der Waals surface area contributed by atoms with Crippen molar-refractivity contribution in [3.63, 3.8) is 0 Å². The number of carbonyl (C=O) groups excluding carboxylic acids is 1. The second-order valence-electron chi connectivity index (χ2n) is 5.37. The van der Waals surface area contributed by atoms with E-state index in [0.717, 1.165) is 6.42 Å². The summed E-state index contributed by atoms with van der Waals surface area (Å²) < 4.78 is 5.06. The molecule has 6 heteroatoms. The summed E-state index contributed by atoms with van der Waals surface area (Å²) in [5.74, 6) is -0.888. The van der Waals surface area contributed by atoms with Crippen molar-refractivity contribution in [2.24, 2.45) is 5.41 Å². The van der Waals surface area contributed by atoms with Crippen LogP contribution in [0.4, 0.5) is 4.79 Å². The molecule has 0 saturated carbocycles. The van der Waals surface area contributed by atoms with Gasteiger partial charge in [0.25, 0.3) is 0 Å². The first kappa shape index (κ1) is 16.5. The van der Waals surface area contributed by atoms with E-state index < -0.39 is 11.4 Å². The predicted octanol–water partition coefficient (Wildman–Crippen LogP) is 1.48. The molecule has 20 heavy (non-hydrogen) atoms. The normalized spacial score (nSPS) is 18.1. The number of rotatable bonds is 6. The van der Waals surface area contributed by atoms with Gasteiger partial charge in [-0.1, -0.05) is 13.0 Å². The third kappa shape index (κ3) is 4.23. The molecule has 0 aromatic heterocycles. The molecular formula is C14H24N2O4. The van der Waals surface area contributed by atoms with Crippen molar-refractivity contribution in [2.45, 2.75) is 26.7 Å². The summed E-state index contributed by atoms with van der Waals surface area (Å²) in [4.78, 5) is 24.9. The zero-order chi connectivity index (χ0) is 15.2. The molecular weight excluding hydrogens is 260 g/mol. The van der Waals surface area contributed by atoms with Crippen LogP contribution in [0.25, 0.3) is 0 Å². The van der Waals surface area contributed by atoms with Gasteiger partial charge in [0.15, 0.2) is 0 Å². The van der Waals surface area contributed by atoms with E-state index in [2.05, 4.69) is 5.32 Å². The van der Waals surface area contributed by atoms with E-state index in [1.807, 2.05) is 6.08 Å². The highest BCUT2D eigenvalue weighted by Gasteiger charge is 2.32. The van der Waals surface area contributed by atoms with Crippen LogP contribution in [0.15, 0.2) is 11.6 Å². The number of urea groups is 1. The molecule has 6 nitrogen and oxygen atoms in total. The minimum Gasteiger partial charge on any atom is -0.481 e. The van der Waals surface area contributed by atoms with Crippen LogP contribution in [0.1, 0.15) is 26.7 Å². The number of ether oxygens (including phenoxy) is 1. The monoisotopic (exact) mass is 284 g/mol. The lowest BCUT2D eigenvalue weighted by Crippen LogP contribution is -2.47. The van der Waals surface area contributed by atoms with Gasteiger partial charge in [-0.3, -0.25) is 4.79 Å². The average Bonchev–Trinajstić information content (AvgIpc) is 2.45. The van der Waals surface area contributed by atoms with Crippen LogP contribution in [-0.2, 0) is 9.53 Å². The van der Waals surface area contributed by atoms with Gasteiger partial charge in [-0.2, -0.15) is 0 Å². The highest BCUT2D eigenvalue weighted by Crippen LogP contribution is 2.20. The Morgan fingerprint density at radius 3 is 2.70 bits per heavy atom. The van der Waals surface area contributed by atoms with Gasteiger partial charge in [-0.15, -0.1) is 0 Å². The smallest absolute Gasteiger partial charge is 0.317 e. The molecule has 2 N–H and O–H groups in total. The Balaban J connectivity index is 2.47. The molecule has 0 aromatic carbocycles. The lowest BCUT2D eigenvalue weighted by atomic mass is 9.88. The molecule has 0 aliphatic carbocycles. The number of carboxylic acid groups (broad SMARTS) is 1. The van der Waals surface area contributed by atoms with Gasteiger partial charge < -0.3 is 20.1 Å². The van der Waals surface area contributed by atoms with E-state index >= 15 is 0 Å². The largest absolute Gasteiger partial charge is 0.481 e. The van der Waals surface area contributed by atoms with Crippen LogP contribution < -0.4 is 5.32 Å². The minimum atomic E-state index is -0.914. The minimum absolute atomic E-state index is 0.142. The van der Waals surface area contributed by atoms with Crippen LogP contribution in [-0.4, -0.2) is 55.4 Å². The molecule has 0 radical (unpaired) electrons. The van der Waals surface area contributed by atoms with Crippen molar-refractivity contribution >= 4 is 12.0 Å². The van der Waals surface area contributed by atoms with Crippen LogP contribution in [0.3, 0.4) is 0 Å². The molecule has 2 amide bonds. The summed E-state index contributed by atoms with van der Waals surface area (Å²) in [5, 5.41) is 11.9. The SMILES string of the molecule is CCC(C)(CNC(=O)N1CC=C(COC)CC1)C(=O)O. The Bertz CT molecular complexity index is 395. The van der Waals surface area contributed by atoms with Gasteiger partial charge in [-0.25, -0.2) is 4.79 Å². The van der Waals surface area contributed by atoms with Crippen molar-refractivity contribution in [2.75, 3.05) is 33.4 Å². The van der Waals surface area contributed by atoms with E-state index in [-0.39, 0.29) is 12.6 Å². The van der Waals surface area contributed by atoms with Crippen molar-refractivity contribution in [3.8, 4) is 0 Å². The molecule has 0 aromatic rings. The Hall–Kier alpha value is -1.56. The number of nitrogens with zero attached hydrogens (tertiary/aromatic N) is 1. The van der Waals surface area contributed by atoms with Crippen LogP contribution in [0, 0.1) is 5.41 Å². The predicted molar refractivity (Wildman–Crippen MR) is 75.6 cm³/mol. The van der Waals surface area contributed by atoms with Gasteiger partial charge >= 0.3 is 12.0 Å². The molecule has 1 atom stereocenters. The van der Waals surface area contributed by atoms with E-state index in [1.54, 1.807) is 25.9 Å². The number of hydrogen-bond acceptors (Lipinski definition) is 3. The number of carbonyl (C=O) groups is 2. The first-order valence-electron chi connectivity index (χ1n) is 6.86. The van der Waals surface area contributed by atoms with E-state index in [9.17, 15) is 9.59 Å². The average molecular weight is 284 g/mol. The quantitative estimate of drug-likeness (QED) is 0.724. The molecule has 0 spiro atoms. The molecule has 1 rings (SSSR count). The molecule has 0 fully saturated rings. The summed E-state index contributed by atoms with van der Waals surface area (Å²) in [6, 6.07) is -0.210. The lowest BCUT2D eigenvalue weighted by Gasteiger charge is -2.29. The Kier molecular flexibility index (Phi) is 6.01. The fourth-order valence-electron chi connectivity index (χ4n) is 1.95. The highest BCUT2D eigenvalue weighted by molar-refractivity contribution is 5.78. The number of nitrogens with one attached hydrogen (secondary N) is 1. The topological polar surface area (TPSA) is 78.9 Å². The number of carboxylic acids is 1. The molecule has 114 valence electrons. The van der Waals surface area contributed by atoms with Gasteiger partial charge in [0.2, 0.25) is 0 Å². The number of methoxy groups -OCH3 is 1. The molecule has 1 heterocycles. The number of hydrogen-bond donors (Lipinski definition) is 2. The molecule has 1 aliphatic heterocycles. The summed E-state index contributed by atoms with van der Waals surface area (Å²) in [7, 11) is 1.65. The maximum absolute atomic E-state index is 12.0. The van der Waals surface area contributed by atoms with E-state index in [1.165, 1.54) is 5.57 Å². The zero-order valence-electron chi connectivity index (χ0n) is 12.4. The van der Waals surface area contributed by atoms with E-state index in [4.69, 9.17) is 9.84 Å². The maximum Gasteiger partial charge on any atom is 0.317 e. The second kappa shape index (κ2) is 7.28. The Morgan fingerprint density at radius 1 is 1.55 bits per heavy atom. The summed E-state index contributed by atoms with van der Waals surface area (Å²) in [6.07, 6.45) is 3.26. The van der Waals surface area contributed by atoms with Crippen LogP contribution in [0.2, 0.25) is 0 Å². The maximum atomic E-state index is 12.0. The molecule has 1 aliphatic rings. The Morgan fingerprint density at radius 2 is 2.25 bits per heavy atom. The van der Waals surface area contributed by atoms with Gasteiger partial charge in [0.1, 0.15) is 0 Å². The number of amides is 2. The summed E-state index contributed by atoms with van der Waals surface area (Å²) in [5.41, 5.74) is 0.281. The number of aliphatic carboxylic acids is 1. The first-order valence-corrected chi connectivity index (χ1v) is 6.86. The highest BCUT2D eigenvalue weighted by atomic mass is 16.5. The third-order valence-corrected chi connectivity index (χ3v) is 3.85. The summed E-state index contributed by atoms with van der Waals surface area (Å²) >= 11 is 0. The van der Waals surface area contributed by atoms with E-state index in [0.29, 0.717) is 26.1 Å². The molecule has 1 unspecified atom stereocenters. The fraction of sp³-hybridized carbons (Fsp3) is 0.714. The lowest BCUT2D eigenvalue weighted by molar-refractivity contribution is -0.147. The van der Waals surface area contributed by atoms with Crippen molar-refractivity contribution in [3.05, 3.63) is 11.6 Å². The summed E-state index contributed by atoms with van der Waals surface area (Å²) in [6.45, 7) is 5.37.